The number of nitrogens with one attached hydrogen (secondary N) is 1. The standard InChI is InChI=1S/C22H21Cl2FN4O3/c1-13(30)29-8-7-28(20(31)3-5-23)12-19(29)17-11-15(24)10-16(21(17)25)14-4-6-27-18(9-14)22(32)26-2/h3-6,9-11,19H,7-8,12H2,1-2H3,(H,26,32)/b5-3-. The van der Waals surface area contributed by atoms with Crippen molar-refractivity contribution < 1.29 is 18.8 Å². The van der Waals surface area contributed by atoms with Crippen LogP contribution in [-0.2, 0) is 9.59 Å². The van der Waals surface area contributed by atoms with Crippen molar-refractivity contribution in [2.24, 2.45) is 0 Å². The van der Waals surface area contributed by atoms with E-state index in [4.69, 9.17) is 23.2 Å². The van der Waals surface area contributed by atoms with Gasteiger partial charge in [-0.15, -0.1) is 0 Å². The highest BCUT2D eigenvalue weighted by Gasteiger charge is 2.34. The number of amides is 3. The monoisotopic (exact) mass is 478 g/mol. The summed E-state index contributed by atoms with van der Waals surface area (Å²) >= 11 is 11.8. The van der Waals surface area contributed by atoms with Crippen molar-refractivity contribution >= 4 is 40.9 Å². The molecular weight excluding hydrogens is 458 g/mol. The van der Waals surface area contributed by atoms with E-state index >= 15 is 4.39 Å². The quantitative estimate of drug-likeness (QED) is 0.682. The molecule has 168 valence electrons. The highest BCUT2D eigenvalue weighted by atomic mass is 35.5. The Labute approximate surface area is 194 Å². The minimum Gasteiger partial charge on any atom is -0.354 e. The molecule has 0 saturated carbocycles. The molecule has 1 aromatic heterocycles. The van der Waals surface area contributed by atoms with Gasteiger partial charge in [-0.05, 0) is 29.8 Å². The van der Waals surface area contributed by atoms with Crippen LogP contribution < -0.4 is 5.32 Å². The molecular formula is C22H21Cl2FN4O3. The minimum absolute atomic E-state index is 0.0795. The summed E-state index contributed by atoms with van der Waals surface area (Å²) in [7, 11) is 1.47. The Morgan fingerprint density at radius 1 is 1.25 bits per heavy atom. The van der Waals surface area contributed by atoms with Crippen LogP contribution in [0.3, 0.4) is 0 Å². The summed E-state index contributed by atoms with van der Waals surface area (Å²) in [6, 6.07) is 5.18. The Kier molecular flexibility index (Phi) is 7.48. The third-order valence-corrected chi connectivity index (χ3v) is 5.60. The second-order valence-corrected chi connectivity index (χ2v) is 7.86. The molecule has 32 heavy (non-hydrogen) atoms. The molecule has 0 bridgehead atoms. The number of piperazine rings is 1. The van der Waals surface area contributed by atoms with Crippen molar-refractivity contribution in [2.45, 2.75) is 13.0 Å². The van der Waals surface area contributed by atoms with Crippen molar-refractivity contribution in [3.8, 4) is 11.1 Å². The summed E-state index contributed by atoms with van der Waals surface area (Å²) in [4.78, 5) is 43.5. The van der Waals surface area contributed by atoms with Gasteiger partial charge in [0.1, 0.15) is 11.5 Å². The highest BCUT2D eigenvalue weighted by molar-refractivity contribution is 6.31. The lowest BCUT2D eigenvalue weighted by Crippen LogP contribution is -2.51. The molecule has 0 spiro atoms. The predicted octanol–water partition coefficient (Wildman–Crippen LogP) is 3.39. The number of aromatic nitrogens is 1. The van der Waals surface area contributed by atoms with Crippen LogP contribution >= 0.6 is 23.2 Å². The van der Waals surface area contributed by atoms with Crippen LogP contribution in [0.1, 0.15) is 29.0 Å². The van der Waals surface area contributed by atoms with Gasteiger partial charge in [-0.25, -0.2) is 4.39 Å². The Morgan fingerprint density at radius 3 is 2.66 bits per heavy atom. The summed E-state index contributed by atoms with van der Waals surface area (Å²) in [5, 5.41) is 2.73. The summed E-state index contributed by atoms with van der Waals surface area (Å²) in [5.74, 6) is -1.59. The van der Waals surface area contributed by atoms with Crippen LogP contribution in [0.15, 0.2) is 42.1 Å². The fourth-order valence-corrected chi connectivity index (χ4v) is 4.03. The molecule has 1 saturated heterocycles. The normalized spacial score (nSPS) is 16.3. The van der Waals surface area contributed by atoms with E-state index in [1.807, 2.05) is 0 Å². The molecule has 1 aliphatic rings. The molecule has 3 rings (SSSR count). The Hall–Kier alpha value is -2.97. The third-order valence-electron chi connectivity index (χ3n) is 5.26. The average Bonchev–Trinajstić information content (AvgIpc) is 2.79. The van der Waals surface area contributed by atoms with E-state index in [0.29, 0.717) is 12.1 Å². The van der Waals surface area contributed by atoms with Crippen LogP contribution in [0.25, 0.3) is 11.1 Å². The maximum atomic E-state index is 15.8. The molecule has 1 atom stereocenters. The summed E-state index contributed by atoms with van der Waals surface area (Å²) in [6.45, 7) is 2.01. The van der Waals surface area contributed by atoms with Crippen LogP contribution in [-0.4, -0.2) is 59.2 Å². The van der Waals surface area contributed by atoms with E-state index in [1.165, 1.54) is 54.2 Å². The van der Waals surface area contributed by atoms with Gasteiger partial charge in [-0.2, -0.15) is 0 Å². The molecule has 0 radical (unpaired) electrons. The van der Waals surface area contributed by atoms with Crippen LogP contribution in [0.5, 0.6) is 0 Å². The van der Waals surface area contributed by atoms with Crippen molar-refractivity contribution in [1.82, 2.24) is 20.1 Å². The van der Waals surface area contributed by atoms with Gasteiger partial charge in [0.15, 0.2) is 0 Å². The number of hydrogen-bond acceptors (Lipinski definition) is 4. The zero-order valence-corrected chi connectivity index (χ0v) is 19.0. The number of carbonyl (C=O) groups is 3. The first kappa shape index (κ1) is 23.7. The van der Waals surface area contributed by atoms with E-state index in [2.05, 4.69) is 10.3 Å². The van der Waals surface area contributed by atoms with Gasteiger partial charge < -0.3 is 15.1 Å². The van der Waals surface area contributed by atoms with Crippen molar-refractivity contribution in [2.75, 3.05) is 26.7 Å². The van der Waals surface area contributed by atoms with Gasteiger partial charge >= 0.3 is 0 Å². The highest BCUT2D eigenvalue weighted by Crippen LogP contribution is 2.35. The van der Waals surface area contributed by atoms with Crippen LogP contribution in [0.2, 0.25) is 5.02 Å². The van der Waals surface area contributed by atoms with Gasteiger partial charge in [0.25, 0.3) is 5.91 Å². The largest absolute Gasteiger partial charge is 0.354 e. The van der Waals surface area contributed by atoms with Crippen LogP contribution in [0.4, 0.5) is 4.39 Å². The van der Waals surface area contributed by atoms with E-state index in [1.54, 1.807) is 6.07 Å². The number of hydrogen-bond donors (Lipinski definition) is 1. The fourth-order valence-electron chi connectivity index (χ4n) is 3.70. The number of benzene rings is 1. The summed E-state index contributed by atoms with van der Waals surface area (Å²) < 4.78 is 15.8. The molecule has 1 unspecified atom stereocenters. The SMILES string of the molecule is CNC(=O)c1cc(-c2cc(Cl)cc(C3CN(C(=O)/C=C\Cl)CCN3C(C)=O)c2F)ccn1. The lowest BCUT2D eigenvalue weighted by molar-refractivity contribution is -0.139. The molecule has 10 heteroatoms. The van der Waals surface area contributed by atoms with Crippen molar-refractivity contribution in [3.05, 3.63) is 64.2 Å². The van der Waals surface area contributed by atoms with Gasteiger partial charge in [0.05, 0.1) is 6.04 Å². The van der Waals surface area contributed by atoms with Crippen molar-refractivity contribution in [3.63, 3.8) is 0 Å². The second kappa shape index (κ2) is 10.1. The van der Waals surface area contributed by atoms with Gasteiger partial charge in [0.2, 0.25) is 11.8 Å². The third kappa shape index (κ3) is 4.92. The predicted molar refractivity (Wildman–Crippen MR) is 120 cm³/mol. The number of pyridine rings is 1. The number of nitrogens with zero attached hydrogens (tertiary/aromatic N) is 3. The first-order chi connectivity index (χ1) is 15.3. The molecule has 7 nitrogen and oxygen atoms in total. The first-order valence-corrected chi connectivity index (χ1v) is 10.6. The number of halogens is 3. The van der Waals surface area contributed by atoms with E-state index in [-0.39, 0.29) is 46.7 Å². The van der Waals surface area contributed by atoms with Crippen molar-refractivity contribution in [1.29, 1.82) is 0 Å². The van der Waals surface area contributed by atoms with Crippen LogP contribution in [0, 0.1) is 5.82 Å². The molecule has 2 aromatic rings. The molecule has 2 heterocycles. The average molecular weight is 479 g/mol. The molecule has 1 fully saturated rings. The van der Waals surface area contributed by atoms with Gasteiger partial charge in [-0.1, -0.05) is 23.2 Å². The first-order valence-electron chi connectivity index (χ1n) is 9.77. The zero-order valence-electron chi connectivity index (χ0n) is 17.4. The molecule has 0 aliphatic carbocycles. The molecule has 1 aromatic carbocycles. The molecule has 1 aliphatic heterocycles. The Morgan fingerprint density at radius 2 is 2.00 bits per heavy atom. The van der Waals surface area contributed by atoms with E-state index in [0.717, 1.165) is 5.54 Å². The minimum atomic E-state index is -0.744. The van der Waals surface area contributed by atoms with Gasteiger partial charge in [0, 0.05) is 67.6 Å². The second-order valence-electron chi connectivity index (χ2n) is 7.17. The molecule has 1 N–H and O–H groups in total. The van der Waals surface area contributed by atoms with Gasteiger partial charge in [-0.3, -0.25) is 19.4 Å². The maximum absolute atomic E-state index is 15.8. The van der Waals surface area contributed by atoms with E-state index in [9.17, 15) is 14.4 Å². The summed E-state index contributed by atoms with van der Waals surface area (Å²) in [5.41, 5.74) is 1.97. The number of carbonyl (C=O) groups excluding carboxylic acids is 3. The number of rotatable bonds is 4. The maximum Gasteiger partial charge on any atom is 0.269 e. The lowest BCUT2D eigenvalue weighted by Gasteiger charge is -2.41. The Balaban J connectivity index is 2.08. The fraction of sp³-hybridized carbons (Fsp3) is 0.273. The zero-order chi connectivity index (χ0) is 23.4. The molecule has 3 amide bonds. The Bertz CT molecular complexity index is 1090. The topological polar surface area (TPSA) is 82.6 Å². The summed E-state index contributed by atoms with van der Waals surface area (Å²) in [6.07, 6.45) is 2.61. The smallest absolute Gasteiger partial charge is 0.269 e. The van der Waals surface area contributed by atoms with E-state index < -0.39 is 17.8 Å². The lowest BCUT2D eigenvalue weighted by atomic mass is 9.95.